The highest BCUT2D eigenvalue weighted by atomic mass is 32.2. The highest BCUT2D eigenvalue weighted by molar-refractivity contribution is 7.91. The largest absolute Gasteiger partial charge is 0.417 e. The quantitative estimate of drug-likeness (QED) is 0.399. The van der Waals surface area contributed by atoms with E-state index in [0.29, 0.717) is 13.0 Å². The number of benzene rings is 1. The second-order valence-corrected chi connectivity index (χ2v) is 17.6. The highest BCUT2D eigenvalue weighted by Gasteiger charge is 2.36. The van der Waals surface area contributed by atoms with E-state index in [1.807, 2.05) is 0 Å². The maximum absolute atomic E-state index is 13.3. The molecule has 1 fully saturated rings. The number of anilines is 1. The van der Waals surface area contributed by atoms with Crippen LogP contribution in [-0.2, 0) is 27.2 Å². The van der Waals surface area contributed by atoms with Crippen molar-refractivity contribution in [3.63, 3.8) is 0 Å². The third-order valence-corrected chi connectivity index (χ3v) is 12.9. The zero-order valence-electron chi connectivity index (χ0n) is 20.8. The van der Waals surface area contributed by atoms with Crippen LogP contribution in [0, 0.1) is 5.82 Å². The third-order valence-electron chi connectivity index (χ3n) is 6.76. The van der Waals surface area contributed by atoms with E-state index in [1.165, 1.54) is 12.1 Å². The number of rotatable bonds is 8. The molecule has 2 heterocycles. The standard InChI is InChI=1S/C24H36FN3O4SSi/c1-24(2,3)34(4,5)32-14-6-7-21-18-28(17-19-8-10-20(25)11-9-19)23(29)22(26-21)27-12-15-33(30,31)16-13-27/h8-11,18H,6-7,12-17H2,1-5H3. The fourth-order valence-corrected chi connectivity index (χ4v) is 5.82. The Hall–Kier alpha value is -2.04. The van der Waals surface area contributed by atoms with Gasteiger partial charge in [0.05, 0.1) is 23.7 Å². The first-order valence-electron chi connectivity index (χ1n) is 11.7. The Labute approximate surface area is 203 Å². The van der Waals surface area contributed by atoms with Gasteiger partial charge in [-0.25, -0.2) is 17.8 Å². The molecule has 188 valence electrons. The van der Waals surface area contributed by atoms with Crippen molar-refractivity contribution in [2.75, 3.05) is 36.1 Å². The van der Waals surface area contributed by atoms with E-state index in [9.17, 15) is 17.6 Å². The van der Waals surface area contributed by atoms with Crippen LogP contribution in [0.1, 0.15) is 38.4 Å². The van der Waals surface area contributed by atoms with Gasteiger partial charge in [0.25, 0.3) is 5.56 Å². The Morgan fingerprint density at radius 3 is 2.32 bits per heavy atom. The lowest BCUT2D eigenvalue weighted by Crippen LogP contribution is -2.44. The fourth-order valence-electron chi connectivity index (χ4n) is 3.53. The van der Waals surface area contributed by atoms with Crippen molar-refractivity contribution in [1.29, 1.82) is 0 Å². The second-order valence-electron chi connectivity index (χ2n) is 10.5. The Morgan fingerprint density at radius 1 is 1.12 bits per heavy atom. The first-order valence-corrected chi connectivity index (χ1v) is 16.4. The van der Waals surface area contributed by atoms with Crippen molar-refractivity contribution in [1.82, 2.24) is 9.55 Å². The third kappa shape index (κ3) is 6.76. The molecule has 1 aliphatic heterocycles. The topological polar surface area (TPSA) is 81.5 Å². The normalized spacial score (nSPS) is 16.6. The molecule has 1 aliphatic rings. The monoisotopic (exact) mass is 509 g/mol. The molecular formula is C24H36FN3O4SSi. The van der Waals surface area contributed by atoms with E-state index >= 15 is 0 Å². The molecule has 10 heteroatoms. The molecule has 1 aromatic carbocycles. The van der Waals surface area contributed by atoms with Crippen LogP contribution < -0.4 is 10.5 Å². The minimum absolute atomic E-state index is 0.0106. The number of halogens is 1. The van der Waals surface area contributed by atoms with Gasteiger partial charge in [-0.1, -0.05) is 32.9 Å². The first-order chi connectivity index (χ1) is 15.8. The van der Waals surface area contributed by atoms with Crippen LogP contribution in [0.2, 0.25) is 18.1 Å². The summed E-state index contributed by atoms with van der Waals surface area (Å²) in [5.41, 5.74) is 1.28. The average Bonchev–Trinajstić information content (AvgIpc) is 2.74. The van der Waals surface area contributed by atoms with Crippen LogP contribution in [0.3, 0.4) is 0 Å². The van der Waals surface area contributed by atoms with Crippen LogP contribution >= 0.6 is 0 Å². The molecule has 34 heavy (non-hydrogen) atoms. The van der Waals surface area contributed by atoms with Gasteiger partial charge in [-0.2, -0.15) is 0 Å². The van der Waals surface area contributed by atoms with Crippen LogP contribution in [0.25, 0.3) is 0 Å². The number of sulfone groups is 1. The molecule has 0 radical (unpaired) electrons. The predicted octanol–water partition coefficient (Wildman–Crippen LogP) is 3.62. The molecule has 0 unspecified atom stereocenters. The maximum atomic E-state index is 13.3. The summed E-state index contributed by atoms with van der Waals surface area (Å²) in [4.78, 5) is 19.6. The molecule has 0 atom stereocenters. The lowest BCUT2D eigenvalue weighted by atomic mass is 10.2. The SMILES string of the molecule is CC(C)(C)[Si](C)(C)OCCCc1cn(Cc2ccc(F)cc2)c(=O)c(N2CCS(=O)(=O)CC2)n1. The lowest BCUT2D eigenvalue weighted by molar-refractivity contribution is 0.282. The van der Waals surface area contributed by atoms with Crippen molar-refractivity contribution in [2.45, 2.75) is 58.3 Å². The summed E-state index contributed by atoms with van der Waals surface area (Å²) >= 11 is 0. The fraction of sp³-hybridized carbons (Fsp3) is 0.583. The van der Waals surface area contributed by atoms with Gasteiger partial charge in [-0.15, -0.1) is 0 Å². The van der Waals surface area contributed by atoms with Gasteiger partial charge in [0.1, 0.15) is 5.82 Å². The van der Waals surface area contributed by atoms with Crippen molar-refractivity contribution in [3.8, 4) is 0 Å². The minimum Gasteiger partial charge on any atom is -0.417 e. The average molecular weight is 510 g/mol. The summed E-state index contributed by atoms with van der Waals surface area (Å²) < 4.78 is 44.9. The summed E-state index contributed by atoms with van der Waals surface area (Å²) in [5.74, 6) is -0.0314. The van der Waals surface area contributed by atoms with E-state index in [-0.39, 0.29) is 53.4 Å². The van der Waals surface area contributed by atoms with E-state index in [2.05, 4.69) is 38.8 Å². The predicted molar refractivity (Wildman–Crippen MR) is 136 cm³/mol. The summed E-state index contributed by atoms with van der Waals surface area (Å²) in [6.07, 6.45) is 3.15. The van der Waals surface area contributed by atoms with Gasteiger partial charge in [-0.05, 0) is 48.7 Å². The van der Waals surface area contributed by atoms with Crippen molar-refractivity contribution >= 4 is 24.0 Å². The number of aryl methyl sites for hydroxylation is 1. The highest BCUT2D eigenvalue weighted by Crippen LogP contribution is 2.36. The van der Waals surface area contributed by atoms with E-state index in [0.717, 1.165) is 17.7 Å². The molecule has 3 rings (SSSR count). The molecule has 0 N–H and O–H groups in total. The molecule has 0 amide bonds. The van der Waals surface area contributed by atoms with Gasteiger partial charge in [0.15, 0.2) is 24.0 Å². The van der Waals surface area contributed by atoms with E-state index < -0.39 is 18.2 Å². The molecule has 1 saturated heterocycles. The molecule has 0 spiro atoms. The first kappa shape index (κ1) is 26.6. The van der Waals surface area contributed by atoms with Crippen LogP contribution in [0.4, 0.5) is 10.2 Å². The Morgan fingerprint density at radius 2 is 1.74 bits per heavy atom. The Bertz CT molecular complexity index is 1140. The van der Waals surface area contributed by atoms with Crippen LogP contribution in [0.15, 0.2) is 35.3 Å². The van der Waals surface area contributed by atoms with Gasteiger partial charge >= 0.3 is 0 Å². The molecule has 1 aromatic heterocycles. The number of hydrogen-bond acceptors (Lipinski definition) is 6. The number of hydrogen-bond donors (Lipinski definition) is 0. The van der Waals surface area contributed by atoms with Crippen LogP contribution in [-0.4, -0.2) is 57.5 Å². The summed E-state index contributed by atoms with van der Waals surface area (Å²) in [6.45, 7) is 12.5. The molecule has 0 saturated carbocycles. The van der Waals surface area contributed by atoms with Gasteiger partial charge < -0.3 is 13.9 Å². The zero-order valence-corrected chi connectivity index (χ0v) is 22.6. The molecular weight excluding hydrogens is 473 g/mol. The van der Waals surface area contributed by atoms with Gasteiger partial charge in [0, 0.05) is 25.9 Å². The minimum atomic E-state index is -3.08. The van der Waals surface area contributed by atoms with Gasteiger partial charge in [0.2, 0.25) is 0 Å². The maximum Gasteiger partial charge on any atom is 0.293 e. The molecule has 0 bridgehead atoms. The Balaban J connectivity index is 1.82. The number of nitrogens with zero attached hydrogens (tertiary/aromatic N) is 3. The van der Waals surface area contributed by atoms with Crippen LogP contribution in [0.5, 0.6) is 0 Å². The van der Waals surface area contributed by atoms with E-state index in [1.54, 1.807) is 27.8 Å². The summed E-state index contributed by atoms with van der Waals surface area (Å²) in [7, 11) is -4.92. The zero-order chi connectivity index (χ0) is 25.1. The van der Waals surface area contributed by atoms with Gasteiger partial charge in [-0.3, -0.25) is 4.79 Å². The van der Waals surface area contributed by atoms with E-state index in [4.69, 9.17) is 4.43 Å². The summed E-state index contributed by atoms with van der Waals surface area (Å²) in [6, 6.07) is 6.05. The molecule has 2 aromatic rings. The van der Waals surface area contributed by atoms with Crippen molar-refractivity contribution < 1.29 is 17.2 Å². The Kier molecular flexibility index (Phi) is 8.04. The molecule has 0 aliphatic carbocycles. The molecule has 7 nitrogen and oxygen atoms in total. The lowest BCUT2D eigenvalue weighted by Gasteiger charge is -2.36. The van der Waals surface area contributed by atoms with Crippen molar-refractivity contribution in [3.05, 3.63) is 57.9 Å². The smallest absolute Gasteiger partial charge is 0.293 e. The second kappa shape index (κ2) is 10.3. The number of aromatic nitrogens is 2. The van der Waals surface area contributed by atoms with Crippen molar-refractivity contribution in [2.24, 2.45) is 0 Å². The summed E-state index contributed by atoms with van der Waals surface area (Å²) in [5, 5.41) is 0.134.